The average Bonchev–Trinajstić information content (AvgIpc) is 2.91. The molecule has 1 aliphatic heterocycles. The van der Waals surface area contributed by atoms with Crippen LogP contribution >= 0.6 is 11.3 Å². The van der Waals surface area contributed by atoms with E-state index < -0.39 is 5.97 Å². The predicted molar refractivity (Wildman–Crippen MR) is 81.1 cm³/mol. The van der Waals surface area contributed by atoms with E-state index in [0.717, 1.165) is 11.3 Å². The standard InChI is InChI=1S/C14H20N2O4S/c1-3-10-9-11(13(17)20-4-2)12(21-10)15-14(18)16-5-7-19-8-6-16/h9H,3-8H2,1-2H3,(H,15,18). The van der Waals surface area contributed by atoms with E-state index >= 15 is 0 Å². The molecule has 116 valence electrons. The van der Waals surface area contributed by atoms with Crippen LogP contribution in [-0.4, -0.2) is 49.8 Å². The zero-order valence-corrected chi connectivity index (χ0v) is 13.1. The van der Waals surface area contributed by atoms with Crippen molar-refractivity contribution in [2.75, 3.05) is 38.2 Å². The van der Waals surface area contributed by atoms with Gasteiger partial charge in [0.2, 0.25) is 0 Å². The largest absolute Gasteiger partial charge is 0.462 e. The Bertz CT molecular complexity index is 509. The molecule has 0 unspecified atom stereocenters. The fourth-order valence-electron chi connectivity index (χ4n) is 2.01. The Balaban J connectivity index is 2.12. The number of morpholine rings is 1. The number of urea groups is 1. The number of esters is 1. The molecule has 0 atom stereocenters. The van der Waals surface area contributed by atoms with E-state index in [2.05, 4.69) is 5.32 Å². The molecule has 1 fully saturated rings. The zero-order valence-electron chi connectivity index (χ0n) is 12.3. The quantitative estimate of drug-likeness (QED) is 0.867. The van der Waals surface area contributed by atoms with Crippen molar-refractivity contribution in [3.05, 3.63) is 16.5 Å². The molecule has 1 saturated heterocycles. The Hall–Kier alpha value is -1.60. The van der Waals surface area contributed by atoms with Crippen LogP contribution in [0.5, 0.6) is 0 Å². The van der Waals surface area contributed by atoms with Gasteiger partial charge in [0.25, 0.3) is 0 Å². The van der Waals surface area contributed by atoms with Gasteiger partial charge in [0.1, 0.15) is 5.00 Å². The molecule has 0 spiro atoms. The van der Waals surface area contributed by atoms with Crippen LogP contribution in [0.2, 0.25) is 0 Å². The van der Waals surface area contributed by atoms with E-state index in [1.165, 1.54) is 11.3 Å². The molecule has 0 radical (unpaired) electrons. The number of ether oxygens (including phenoxy) is 2. The van der Waals surface area contributed by atoms with Crippen molar-refractivity contribution < 1.29 is 19.1 Å². The fraction of sp³-hybridized carbons (Fsp3) is 0.571. The maximum absolute atomic E-state index is 12.2. The number of carbonyl (C=O) groups is 2. The molecule has 1 aromatic rings. The molecule has 0 aliphatic carbocycles. The lowest BCUT2D eigenvalue weighted by Gasteiger charge is -2.26. The van der Waals surface area contributed by atoms with Gasteiger partial charge in [0.15, 0.2) is 0 Å². The number of amides is 2. The number of nitrogens with zero attached hydrogens (tertiary/aromatic N) is 1. The monoisotopic (exact) mass is 312 g/mol. The van der Waals surface area contributed by atoms with Gasteiger partial charge in [-0.2, -0.15) is 0 Å². The third-order valence-corrected chi connectivity index (χ3v) is 4.34. The smallest absolute Gasteiger partial charge is 0.341 e. The molecule has 2 heterocycles. The maximum atomic E-state index is 12.2. The van der Waals surface area contributed by atoms with Gasteiger partial charge in [0, 0.05) is 18.0 Å². The van der Waals surface area contributed by atoms with Gasteiger partial charge in [-0.25, -0.2) is 9.59 Å². The summed E-state index contributed by atoms with van der Waals surface area (Å²) in [7, 11) is 0. The third kappa shape index (κ3) is 3.95. The van der Waals surface area contributed by atoms with Crippen molar-refractivity contribution in [2.24, 2.45) is 0 Å². The zero-order chi connectivity index (χ0) is 15.2. The summed E-state index contributed by atoms with van der Waals surface area (Å²) in [5, 5.41) is 3.38. The van der Waals surface area contributed by atoms with Crippen LogP contribution in [0.1, 0.15) is 29.1 Å². The molecule has 1 aliphatic rings. The lowest BCUT2D eigenvalue weighted by Crippen LogP contribution is -2.43. The first-order valence-corrected chi connectivity index (χ1v) is 7.90. The van der Waals surface area contributed by atoms with Gasteiger partial charge in [-0.3, -0.25) is 5.32 Å². The van der Waals surface area contributed by atoms with E-state index in [0.29, 0.717) is 43.5 Å². The highest BCUT2D eigenvalue weighted by Gasteiger charge is 2.22. The lowest BCUT2D eigenvalue weighted by molar-refractivity contribution is 0.0527. The summed E-state index contributed by atoms with van der Waals surface area (Å²) in [5.41, 5.74) is 0.431. The molecular weight excluding hydrogens is 292 g/mol. The van der Waals surface area contributed by atoms with Gasteiger partial charge in [-0.05, 0) is 19.4 Å². The molecule has 0 aromatic carbocycles. The molecule has 2 amide bonds. The number of nitrogens with one attached hydrogen (secondary N) is 1. The van der Waals surface area contributed by atoms with E-state index in [1.54, 1.807) is 17.9 Å². The van der Waals surface area contributed by atoms with Crippen molar-refractivity contribution in [1.82, 2.24) is 4.90 Å². The van der Waals surface area contributed by atoms with Gasteiger partial charge in [-0.1, -0.05) is 6.92 Å². The van der Waals surface area contributed by atoms with E-state index in [1.807, 2.05) is 6.92 Å². The van der Waals surface area contributed by atoms with Crippen LogP contribution in [0, 0.1) is 0 Å². The van der Waals surface area contributed by atoms with Crippen LogP contribution < -0.4 is 5.32 Å². The second kappa shape index (κ2) is 7.42. The highest BCUT2D eigenvalue weighted by molar-refractivity contribution is 7.16. The Morgan fingerprint density at radius 1 is 1.38 bits per heavy atom. The van der Waals surface area contributed by atoms with Gasteiger partial charge in [-0.15, -0.1) is 11.3 Å². The summed E-state index contributed by atoms with van der Waals surface area (Å²) in [6.07, 6.45) is 0.810. The van der Waals surface area contributed by atoms with Crippen LogP contribution in [-0.2, 0) is 15.9 Å². The minimum Gasteiger partial charge on any atom is -0.462 e. The predicted octanol–water partition coefficient (Wildman–Crippen LogP) is 2.35. The van der Waals surface area contributed by atoms with Crippen LogP contribution in [0.4, 0.5) is 9.80 Å². The minimum atomic E-state index is -0.397. The molecule has 1 aromatic heterocycles. The van der Waals surface area contributed by atoms with Crippen LogP contribution in [0.25, 0.3) is 0 Å². The molecule has 7 heteroatoms. The first-order chi connectivity index (χ1) is 10.2. The SMILES string of the molecule is CCOC(=O)c1cc(CC)sc1NC(=O)N1CCOCC1. The van der Waals surface area contributed by atoms with Crippen molar-refractivity contribution >= 4 is 28.3 Å². The third-order valence-electron chi connectivity index (χ3n) is 3.15. The second-order valence-corrected chi connectivity index (χ2v) is 5.70. The summed E-state index contributed by atoms with van der Waals surface area (Å²) in [6.45, 7) is 6.29. The van der Waals surface area contributed by atoms with Crippen LogP contribution in [0.15, 0.2) is 6.07 Å². The summed E-state index contributed by atoms with van der Waals surface area (Å²) in [5.74, 6) is -0.397. The summed E-state index contributed by atoms with van der Waals surface area (Å²) >= 11 is 1.42. The summed E-state index contributed by atoms with van der Waals surface area (Å²) in [4.78, 5) is 26.9. The highest BCUT2D eigenvalue weighted by Crippen LogP contribution is 2.29. The molecule has 1 N–H and O–H groups in total. The average molecular weight is 312 g/mol. The number of anilines is 1. The highest BCUT2D eigenvalue weighted by atomic mass is 32.1. The minimum absolute atomic E-state index is 0.201. The molecular formula is C14H20N2O4S. The lowest BCUT2D eigenvalue weighted by atomic mass is 10.2. The summed E-state index contributed by atoms with van der Waals surface area (Å²) < 4.78 is 10.3. The van der Waals surface area contributed by atoms with Gasteiger partial charge in [0.05, 0.1) is 25.4 Å². The normalized spacial score (nSPS) is 14.9. The Kier molecular flexibility index (Phi) is 5.58. The first kappa shape index (κ1) is 15.8. The summed E-state index contributed by atoms with van der Waals surface area (Å²) in [6, 6.07) is 1.59. The second-order valence-electron chi connectivity index (χ2n) is 4.56. The van der Waals surface area contributed by atoms with Crippen molar-refractivity contribution in [3.63, 3.8) is 0 Å². The van der Waals surface area contributed by atoms with Crippen LogP contribution in [0.3, 0.4) is 0 Å². The molecule has 0 bridgehead atoms. The van der Waals surface area contributed by atoms with Crippen molar-refractivity contribution in [3.8, 4) is 0 Å². The number of hydrogen-bond donors (Lipinski definition) is 1. The Morgan fingerprint density at radius 2 is 2.10 bits per heavy atom. The van der Waals surface area contributed by atoms with Crippen molar-refractivity contribution in [2.45, 2.75) is 20.3 Å². The number of rotatable bonds is 4. The number of carbonyl (C=O) groups excluding carboxylic acids is 2. The number of hydrogen-bond acceptors (Lipinski definition) is 5. The first-order valence-electron chi connectivity index (χ1n) is 7.09. The van der Waals surface area contributed by atoms with Crippen molar-refractivity contribution in [1.29, 1.82) is 0 Å². The Morgan fingerprint density at radius 3 is 2.71 bits per heavy atom. The molecule has 0 saturated carbocycles. The van der Waals surface area contributed by atoms with E-state index in [9.17, 15) is 9.59 Å². The molecule has 6 nitrogen and oxygen atoms in total. The molecule has 2 rings (SSSR count). The van der Waals surface area contributed by atoms with E-state index in [4.69, 9.17) is 9.47 Å². The number of thiophene rings is 1. The topological polar surface area (TPSA) is 67.9 Å². The Labute approximate surface area is 128 Å². The van der Waals surface area contributed by atoms with Gasteiger partial charge < -0.3 is 14.4 Å². The van der Waals surface area contributed by atoms with Gasteiger partial charge >= 0.3 is 12.0 Å². The van der Waals surface area contributed by atoms with E-state index in [-0.39, 0.29) is 6.03 Å². The molecule has 21 heavy (non-hydrogen) atoms. The fourth-order valence-corrected chi connectivity index (χ4v) is 2.99. The number of aryl methyl sites for hydroxylation is 1. The maximum Gasteiger partial charge on any atom is 0.341 e.